The summed E-state index contributed by atoms with van der Waals surface area (Å²) in [5.41, 5.74) is -0.263. The standard InChI is InChI=1S/C13H12FN3O3/c1-8(13(19)20)17-12(18)9(6-15)7-16-11-5-3-2-4-10(11)14/h2-5,7-8,16H,1H3,(H,17,18)(H,19,20)/b9-7-. The molecule has 3 N–H and O–H groups in total. The van der Waals surface area contributed by atoms with E-state index >= 15 is 0 Å². The number of nitrogens with one attached hydrogen (secondary N) is 2. The van der Waals surface area contributed by atoms with Crippen molar-refractivity contribution in [3.63, 3.8) is 0 Å². The van der Waals surface area contributed by atoms with Gasteiger partial charge in [-0.3, -0.25) is 9.59 Å². The molecule has 1 amide bonds. The van der Waals surface area contributed by atoms with Crippen molar-refractivity contribution in [2.24, 2.45) is 0 Å². The number of nitriles is 1. The number of amides is 1. The van der Waals surface area contributed by atoms with Gasteiger partial charge in [0, 0.05) is 6.20 Å². The lowest BCUT2D eigenvalue weighted by Crippen LogP contribution is -2.39. The molecule has 0 aromatic heterocycles. The summed E-state index contributed by atoms with van der Waals surface area (Å²) in [4.78, 5) is 22.2. The molecule has 1 rings (SSSR count). The summed E-state index contributed by atoms with van der Waals surface area (Å²) < 4.78 is 13.3. The average molecular weight is 277 g/mol. The number of hydrogen-bond acceptors (Lipinski definition) is 4. The van der Waals surface area contributed by atoms with Crippen LogP contribution >= 0.6 is 0 Å². The van der Waals surface area contributed by atoms with Gasteiger partial charge in [0.1, 0.15) is 23.5 Å². The Kier molecular flexibility index (Phi) is 5.23. The number of carbonyl (C=O) groups excluding carboxylic acids is 1. The summed E-state index contributed by atoms with van der Waals surface area (Å²) >= 11 is 0. The van der Waals surface area contributed by atoms with Crippen molar-refractivity contribution in [1.82, 2.24) is 5.32 Å². The van der Waals surface area contributed by atoms with E-state index in [4.69, 9.17) is 10.4 Å². The second-order valence-electron chi connectivity index (χ2n) is 3.83. The zero-order valence-corrected chi connectivity index (χ0v) is 10.6. The smallest absolute Gasteiger partial charge is 0.325 e. The molecule has 0 radical (unpaired) electrons. The number of nitrogens with zero attached hydrogens (tertiary/aromatic N) is 1. The number of aliphatic carboxylic acids is 1. The Morgan fingerprint density at radius 1 is 1.45 bits per heavy atom. The molecule has 20 heavy (non-hydrogen) atoms. The Hall–Kier alpha value is -2.88. The highest BCUT2D eigenvalue weighted by molar-refractivity contribution is 5.99. The summed E-state index contributed by atoms with van der Waals surface area (Å²) in [6, 6.07) is 6.20. The quantitative estimate of drug-likeness (QED) is 0.555. The molecule has 0 aliphatic carbocycles. The minimum absolute atomic E-state index is 0.0966. The van der Waals surface area contributed by atoms with Crippen molar-refractivity contribution >= 4 is 17.6 Å². The van der Waals surface area contributed by atoms with Crippen LogP contribution < -0.4 is 10.6 Å². The van der Waals surface area contributed by atoms with Crippen LogP contribution in [-0.2, 0) is 9.59 Å². The van der Waals surface area contributed by atoms with Gasteiger partial charge in [-0.1, -0.05) is 12.1 Å². The monoisotopic (exact) mass is 277 g/mol. The van der Waals surface area contributed by atoms with Gasteiger partial charge < -0.3 is 15.7 Å². The Labute approximate surface area is 114 Å². The lowest BCUT2D eigenvalue weighted by Gasteiger charge is -2.08. The first-order valence-corrected chi connectivity index (χ1v) is 5.60. The van der Waals surface area contributed by atoms with Gasteiger partial charge >= 0.3 is 5.97 Å². The molecule has 1 atom stereocenters. The SMILES string of the molecule is CC(NC(=O)/C(C#N)=C\Nc1ccccc1F)C(=O)O. The van der Waals surface area contributed by atoms with E-state index in [1.807, 2.05) is 0 Å². The molecule has 0 fully saturated rings. The molecule has 0 bridgehead atoms. The molecule has 0 heterocycles. The van der Waals surface area contributed by atoms with Crippen LogP contribution in [0.3, 0.4) is 0 Å². The molecular weight excluding hydrogens is 265 g/mol. The number of rotatable bonds is 5. The van der Waals surface area contributed by atoms with Crippen molar-refractivity contribution in [2.75, 3.05) is 5.32 Å². The van der Waals surface area contributed by atoms with E-state index in [2.05, 4.69) is 10.6 Å². The average Bonchev–Trinajstić information content (AvgIpc) is 2.41. The van der Waals surface area contributed by atoms with Gasteiger partial charge in [0.2, 0.25) is 0 Å². The number of benzene rings is 1. The molecule has 0 saturated carbocycles. The van der Waals surface area contributed by atoms with Gasteiger partial charge in [-0.2, -0.15) is 5.26 Å². The summed E-state index contributed by atoms with van der Waals surface area (Å²) in [7, 11) is 0. The van der Waals surface area contributed by atoms with Crippen molar-refractivity contribution in [3.05, 3.63) is 41.9 Å². The van der Waals surface area contributed by atoms with Gasteiger partial charge in [0.25, 0.3) is 5.91 Å². The first-order valence-electron chi connectivity index (χ1n) is 5.60. The van der Waals surface area contributed by atoms with E-state index in [0.717, 1.165) is 6.20 Å². The first kappa shape index (κ1) is 15.2. The van der Waals surface area contributed by atoms with Gasteiger partial charge in [-0.15, -0.1) is 0 Å². The van der Waals surface area contributed by atoms with E-state index in [-0.39, 0.29) is 11.3 Å². The highest BCUT2D eigenvalue weighted by Crippen LogP contribution is 2.12. The molecule has 0 spiro atoms. The van der Waals surface area contributed by atoms with E-state index in [1.165, 1.54) is 25.1 Å². The minimum Gasteiger partial charge on any atom is -0.480 e. The van der Waals surface area contributed by atoms with E-state index in [9.17, 15) is 14.0 Å². The second kappa shape index (κ2) is 6.89. The van der Waals surface area contributed by atoms with Crippen molar-refractivity contribution < 1.29 is 19.1 Å². The van der Waals surface area contributed by atoms with Crippen LogP contribution in [0.25, 0.3) is 0 Å². The summed E-state index contributed by atoms with van der Waals surface area (Å²) in [5, 5.41) is 22.1. The van der Waals surface area contributed by atoms with Crippen LogP contribution in [0.15, 0.2) is 36.0 Å². The van der Waals surface area contributed by atoms with Crippen molar-refractivity contribution in [3.8, 4) is 6.07 Å². The van der Waals surface area contributed by atoms with Crippen LogP contribution in [0.1, 0.15) is 6.92 Å². The third kappa shape index (κ3) is 4.10. The maximum absolute atomic E-state index is 13.3. The highest BCUT2D eigenvalue weighted by atomic mass is 19.1. The Morgan fingerprint density at radius 3 is 2.65 bits per heavy atom. The van der Waals surface area contributed by atoms with E-state index in [1.54, 1.807) is 12.1 Å². The predicted octanol–water partition coefficient (Wildman–Crippen LogP) is 1.23. The summed E-state index contributed by atoms with van der Waals surface area (Å²) in [6.45, 7) is 1.26. The number of halogens is 1. The molecule has 1 aromatic rings. The Balaban J connectivity index is 2.79. The van der Waals surface area contributed by atoms with Crippen LogP contribution in [0.5, 0.6) is 0 Å². The fourth-order valence-corrected chi connectivity index (χ4v) is 1.21. The van der Waals surface area contributed by atoms with E-state index < -0.39 is 23.7 Å². The van der Waals surface area contributed by atoms with Gasteiger partial charge in [-0.05, 0) is 19.1 Å². The van der Waals surface area contributed by atoms with Crippen LogP contribution in [-0.4, -0.2) is 23.0 Å². The fraction of sp³-hybridized carbons (Fsp3) is 0.154. The fourth-order valence-electron chi connectivity index (χ4n) is 1.21. The number of para-hydroxylation sites is 1. The molecule has 1 unspecified atom stereocenters. The predicted molar refractivity (Wildman–Crippen MR) is 69.0 cm³/mol. The molecule has 0 aliphatic rings. The maximum atomic E-state index is 13.3. The summed E-state index contributed by atoms with van der Waals surface area (Å²) in [6.07, 6.45) is 1.02. The second-order valence-corrected chi connectivity index (χ2v) is 3.83. The normalized spacial score (nSPS) is 12.2. The first-order chi connectivity index (χ1) is 9.45. The van der Waals surface area contributed by atoms with Crippen LogP contribution in [0.2, 0.25) is 0 Å². The minimum atomic E-state index is -1.22. The highest BCUT2D eigenvalue weighted by Gasteiger charge is 2.17. The van der Waals surface area contributed by atoms with Crippen molar-refractivity contribution in [1.29, 1.82) is 5.26 Å². The van der Waals surface area contributed by atoms with Gasteiger partial charge in [-0.25, -0.2) is 4.39 Å². The maximum Gasteiger partial charge on any atom is 0.325 e. The molecule has 1 aromatic carbocycles. The molecule has 6 nitrogen and oxygen atoms in total. The van der Waals surface area contributed by atoms with Crippen molar-refractivity contribution in [2.45, 2.75) is 13.0 Å². The third-order valence-corrected chi connectivity index (χ3v) is 2.33. The largest absolute Gasteiger partial charge is 0.480 e. The Morgan fingerprint density at radius 2 is 2.10 bits per heavy atom. The number of anilines is 1. The van der Waals surface area contributed by atoms with Gasteiger partial charge in [0.05, 0.1) is 5.69 Å². The topological polar surface area (TPSA) is 102 Å². The zero-order chi connectivity index (χ0) is 15.1. The number of carbonyl (C=O) groups is 2. The molecule has 0 saturated heterocycles. The zero-order valence-electron chi connectivity index (χ0n) is 10.6. The third-order valence-electron chi connectivity index (χ3n) is 2.33. The number of hydrogen-bond donors (Lipinski definition) is 3. The lowest BCUT2D eigenvalue weighted by molar-refractivity contribution is -0.140. The molecule has 7 heteroatoms. The van der Waals surface area contributed by atoms with Gasteiger partial charge in [0.15, 0.2) is 0 Å². The molecular formula is C13H12FN3O3. The number of carboxylic acid groups (broad SMARTS) is 1. The van der Waals surface area contributed by atoms with Crippen LogP contribution in [0, 0.1) is 17.1 Å². The lowest BCUT2D eigenvalue weighted by atomic mass is 10.2. The molecule has 0 aliphatic heterocycles. The van der Waals surface area contributed by atoms with Crippen LogP contribution in [0.4, 0.5) is 10.1 Å². The molecule has 104 valence electrons. The van der Waals surface area contributed by atoms with E-state index in [0.29, 0.717) is 0 Å². The summed E-state index contributed by atoms with van der Waals surface area (Å²) in [5.74, 6) is -2.62. The number of carboxylic acids is 1. The Bertz CT molecular complexity index is 593.